The van der Waals surface area contributed by atoms with Gasteiger partial charge >= 0.3 is 7.12 Å². The molecule has 96 valence electrons. The van der Waals surface area contributed by atoms with Gasteiger partial charge in [-0.3, -0.25) is 0 Å². The summed E-state index contributed by atoms with van der Waals surface area (Å²) in [5, 5.41) is 0. The van der Waals surface area contributed by atoms with Crippen LogP contribution in [0.25, 0.3) is 0 Å². The van der Waals surface area contributed by atoms with E-state index < -0.39 is 0 Å². The normalized spacial score (nSPS) is 23.9. The summed E-state index contributed by atoms with van der Waals surface area (Å²) < 4.78 is 17.4. The van der Waals surface area contributed by atoms with Crippen LogP contribution in [0.2, 0.25) is 0 Å². The lowest BCUT2D eigenvalue weighted by Gasteiger charge is -2.32. The summed E-state index contributed by atoms with van der Waals surface area (Å²) in [4.78, 5) is 4.32. The summed E-state index contributed by atoms with van der Waals surface area (Å²) >= 11 is 0. The molecule has 18 heavy (non-hydrogen) atoms. The Kier molecular flexibility index (Phi) is 2.47. The minimum absolute atomic E-state index is 0.312. The average Bonchev–Trinajstić information content (AvgIpc) is 2.80. The van der Waals surface area contributed by atoms with Crippen molar-refractivity contribution in [2.24, 2.45) is 0 Å². The fourth-order valence-corrected chi connectivity index (χ4v) is 2.19. The summed E-state index contributed by atoms with van der Waals surface area (Å²) in [6.07, 6.45) is 2.70. The van der Waals surface area contributed by atoms with Gasteiger partial charge in [0.05, 0.1) is 17.8 Å². The zero-order valence-electron chi connectivity index (χ0n) is 11.3. The monoisotopic (exact) mass is 247 g/mol. The number of aromatic nitrogens is 1. The third-order valence-electron chi connectivity index (χ3n) is 4.08. The molecule has 0 aliphatic carbocycles. The molecule has 0 aromatic carbocycles. The number of fused-ring (bicyclic) bond motifs is 1. The van der Waals surface area contributed by atoms with Gasteiger partial charge in [0.25, 0.3) is 0 Å². The second kappa shape index (κ2) is 3.71. The molecule has 0 N–H and O–H groups in total. The third-order valence-corrected chi connectivity index (χ3v) is 4.08. The van der Waals surface area contributed by atoms with Gasteiger partial charge in [-0.15, -0.1) is 0 Å². The molecule has 0 atom stereocenters. The Morgan fingerprint density at radius 2 is 1.83 bits per heavy atom. The van der Waals surface area contributed by atoms with E-state index in [9.17, 15) is 0 Å². The lowest BCUT2D eigenvalue weighted by molar-refractivity contribution is 0.00578. The third kappa shape index (κ3) is 1.73. The largest absolute Gasteiger partial charge is 0.496 e. The van der Waals surface area contributed by atoms with E-state index >= 15 is 0 Å². The lowest BCUT2D eigenvalue weighted by Crippen LogP contribution is -2.41. The Bertz CT molecular complexity index is 471. The molecule has 4 nitrogen and oxygen atoms in total. The lowest BCUT2D eigenvalue weighted by atomic mass is 9.79. The second-order valence-electron chi connectivity index (χ2n) is 5.92. The average molecular weight is 247 g/mol. The van der Waals surface area contributed by atoms with Crippen LogP contribution in [0.4, 0.5) is 0 Å². The van der Waals surface area contributed by atoms with E-state index in [1.165, 1.54) is 0 Å². The molecule has 0 saturated carbocycles. The van der Waals surface area contributed by atoms with Crippen LogP contribution in [-0.2, 0) is 15.7 Å². The zero-order chi connectivity index (χ0) is 13.0. The van der Waals surface area contributed by atoms with E-state index in [1.54, 1.807) is 6.20 Å². The molecule has 1 fully saturated rings. The smallest absolute Gasteiger partial charge is 0.477 e. The highest BCUT2D eigenvalue weighted by Gasteiger charge is 2.51. The maximum Gasteiger partial charge on any atom is 0.496 e. The fourth-order valence-electron chi connectivity index (χ4n) is 2.19. The van der Waals surface area contributed by atoms with Crippen LogP contribution in [0.3, 0.4) is 0 Å². The van der Waals surface area contributed by atoms with Crippen molar-refractivity contribution >= 4 is 12.6 Å². The van der Waals surface area contributed by atoms with Gasteiger partial charge in [0.2, 0.25) is 5.88 Å². The number of ether oxygens (including phenoxy) is 1. The van der Waals surface area contributed by atoms with Gasteiger partial charge in [-0.2, -0.15) is 0 Å². The van der Waals surface area contributed by atoms with Gasteiger partial charge in [0.1, 0.15) is 0 Å². The molecular formula is C13H18BNO3. The highest BCUT2D eigenvalue weighted by Crippen LogP contribution is 2.36. The Morgan fingerprint density at radius 3 is 2.50 bits per heavy atom. The van der Waals surface area contributed by atoms with Crippen molar-refractivity contribution in [3.05, 3.63) is 17.8 Å². The molecule has 1 saturated heterocycles. The summed E-state index contributed by atoms with van der Waals surface area (Å²) in [6, 6.07) is 2.08. The summed E-state index contributed by atoms with van der Waals surface area (Å²) in [5.41, 5.74) is 1.49. The van der Waals surface area contributed by atoms with Gasteiger partial charge in [-0.25, -0.2) is 4.98 Å². The number of rotatable bonds is 1. The van der Waals surface area contributed by atoms with Crippen molar-refractivity contribution in [1.82, 2.24) is 4.98 Å². The minimum Gasteiger partial charge on any atom is -0.477 e. The topological polar surface area (TPSA) is 40.6 Å². The Hall–Kier alpha value is -1.07. The second-order valence-corrected chi connectivity index (χ2v) is 5.92. The maximum absolute atomic E-state index is 6.01. The molecule has 0 spiro atoms. The summed E-state index contributed by atoms with van der Waals surface area (Å²) in [6.45, 7) is 8.93. The van der Waals surface area contributed by atoms with Crippen molar-refractivity contribution in [2.75, 3.05) is 6.61 Å². The Labute approximate surface area is 108 Å². The molecular weight excluding hydrogens is 229 g/mol. The quantitative estimate of drug-likeness (QED) is 0.701. The van der Waals surface area contributed by atoms with Crippen LogP contribution >= 0.6 is 0 Å². The van der Waals surface area contributed by atoms with E-state index in [1.807, 2.05) is 0 Å². The standard InChI is InChI=1S/C13H18BNO3/c1-12(2)13(3,4)18-14(17-12)10-7-9-5-6-16-11(9)15-8-10/h7-8H,5-6H2,1-4H3. The molecule has 5 heteroatoms. The van der Waals surface area contributed by atoms with Crippen molar-refractivity contribution in [1.29, 1.82) is 0 Å². The number of hydrogen-bond acceptors (Lipinski definition) is 4. The SMILES string of the molecule is CC1(C)OB(c2cnc3c(c2)CCO3)OC1(C)C. The summed E-state index contributed by atoms with van der Waals surface area (Å²) in [7, 11) is -0.339. The predicted octanol–water partition coefficient (Wildman–Crippen LogP) is 1.32. The first-order valence-corrected chi connectivity index (χ1v) is 6.36. The predicted molar refractivity (Wildman–Crippen MR) is 69.2 cm³/mol. The van der Waals surface area contributed by atoms with Gasteiger partial charge in [-0.1, -0.05) is 6.07 Å². The molecule has 0 amide bonds. The van der Waals surface area contributed by atoms with Crippen molar-refractivity contribution < 1.29 is 14.0 Å². The molecule has 2 aliphatic heterocycles. The van der Waals surface area contributed by atoms with E-state index in [4.69, 9.17) is 14.0 Å². The van der Waals surface area contributed by atoms with Gasteiger partial charge < -0.3 is 14.0 Å². The summed E-state index contributed by atoms with van der Waals surface area (Å²) in [5.74, 6) is 0.746. The van der Waals surface area contributed by atoms with Gasteiger partial charge in [0.15, 0.2) is 0 Å². The Balaban J connectivity index is 1.89. The number of pyridine rings is 1. The highest BCUT2D eigenvalue weighted by atomic mass is 16.7. The zero-order valence-corrected chi connectivity index (χ0v) is 11.3. The van der Waals surface area contributed by atoms with Crippen molar-refractivity contribution in [3.8, 4) is 5.88 Å². The number of hydrogen-bond donors (Lipinski definition) is 0. The van der Waals surface area contributed by atoms with Crippen LogP contribution in [0.1, 0.15) is 33.3 Å². The van der Waals surface area contributed by atoms with Gasteiger partial charge in [0, 0.05) is 23.6 Å². The van der Waals surface area contributed by atoms with Crippen molar-refractivity contribution in [3.63, 3.8) is 0 Å². The Morgan fingerprint density at radius 1 is 1.17 bits per heavy atom. The molecule has 2 aliphatic rings. The first-order chi connectivity index (χ1) is 8.39. The van der Waals surface area contributed by atoms with Crippen molar-refractivity contribution in [2.45, 2.75) is 45.3 Å². The van der Waals surface area contributed by atoms with Crippen LogP contribution in [0.15, 0.2) is 12.3 Å². The van der Waals surface area contributed by atoms with Crippen LogP contribution in [0, 0.1) is 0 Å². The first-order valence-electron chi connectivity index (χ1n) is 6.36. The first kappa shape index (κ1) is 12.0. The molecule has 0 bridgehead atoms. The van der Waals surface area contributed by atoms with Crippen LogP contribution in [0.5, 0.6) is 5.88 Å². The number of nitrogens with zero attached hydrogens (tertiary/aromatic N) is 1. The minimum atomic E-state index is -0.339. The molecule has 3 heterocycles. The van der Waals surface area contributed by atoms with E-state index in [2.05, 4.69) is 38.7 Å². The molecule has 0 unspecified atom stereocenters. The van der Waals surface area contributed by atoms with E-state index in [-0.39, 0.29) is 18.3 Å². The van der Waals surface area contributed by atoms with Crippen LogP contribution in [-0.4, -0.2) is 29.9 Å². The van der Waals surface area contributed by atoms with Gasteiger partial charge in [-0.05, 0) is 27.7 Å². The fraction of sp³-hybridized carbons (Fsp3) is 0.615. The maximum atomic E-state index is 6.01. The molecule has 1 aromatic heterocycles. The van der Waals surface area contributed by atoms with E-state index in [0.29, 0.717) is 0 Å². The van der Waals surface area contributed by atoms with Crippen LogP contribution < -0.4 is 10.2 Å². The van der Waals surface area contributed by atoms with E-state index in [0.717, 1.165) is 29.9 Å². The molecule has 1 aromatic rings. The highest BCUT2D eigenvalue weighted by molar-refractivity contribution is 6.62. The molecule has 3 rings (SSSR count). The molecule has 0 radical (unpaired) electrons.